The quantitative estimate of drug-likeness (QED) is 0.100. The van der Waals surface area contributed by atoms with Gasteiger partial charge in [-0.25, -0.2) is 0 Å². The predicted molar refractivity (Wildman–Crippen MR) is 186 cm³/mol. The number of amides is 2. The van der Waals surface area contributed by atoms with Crippen LogP contribution in [-0.4, -0.2) is 65.1 Å². The number of anilines is 2. The summed E-state index contributed by atoms with van der Waals surface area (Å²) in [5.41, 5.74) is 4.73. The lowest BCUT2D eigenvalue weighted by molar-refractivity contribution is -0.177. The highest BCUT2D eigenvalue weighted by molar-refractivity contribution is 7.18. The van der Waals surface area contributed by atoms with Crippen LogP contribution in [0.3, 0.4) is 0 Å². The summed E-state index contributed by atoms with van der Waals surface area (Å²) >= 11 is 13.9. The van der Waals surface area contributed by atoms with Crippen molar-refractivity contribution in [3.05, 3.63) is 45.1 Å². The van der Waals surface area contributed by atoms with E-state index in [1.165, 1.54) is 52.7 Å². The van der Waals surface area contributed by atoms with Crippen molar-refractivity contribution in [1.82, 2.24) is 0 Å². The van der Waals surface area contributed by atoms with Gasteiger partial charge in [0.15, 0.2) is 17.3 Å². The fourth-order valence-electron chi connectivity index (χ4n) is 6.47. The summed E-state index contributed by atoms with van der Waals surface area (Å²) in [4.78, 5) is 53.7. The number of aliphatic hydroxyl groups is 2. The number of ether oxygens (including phenoxy) is 2. The summed E-state index contributed by atoms with van der Waals surface area (Å²) in [6.07, 6.45) is 0.533. The molecule has 0 bridgehead atoms. The van der Waals surface area contributed by atoms with Gasteiger partial charge in [0.1, 0.15) is 0 Å². The zero-order valence-corrected chi connectivity index (χ0v) is 29.6. The van der Waals surface area contributed by atoms with Crippen molar-refractivity contribution in [2.45, 2.75) is 58.7 Å². The summed E-state index contributed by atoms with van der Waals surface area (Å²) in [5, 5.41) is 27.7. The van der Waals surface area contributed by atoms with Crippen LogP contribution in [0.2, 0.25) is 0 Å². The molecule has 0 fully saturated rings. The summed E-state index contributed by atoms with van der Waals surface area (Å²) < 4.78 is 12.5. The fraction of sp³-hybridized carbons (Fsp3) is 0.394. The lowest BCUT2D eigenvalue weighted by Gasteiger charge is -2.27. The van der Waals surface area contributed by atoms with E-state index < -0.39 is 42.4 Å². The van der Waals surface area contributed by atoms with Gasteiger partial charge in [0.05, 0.1) is 33.6 Å². The Balaban J connectivity index is 0.00000213. The van der Waals surface area contributed by atoms with Crippen molar-refractivity contribution in [3.8, 4) is 11.5 Å². The van der Waals surface area contributed by atoms with E-state index >= 15 is 0 Å². The van der Waals surface area contributed by atoms with Crippen LogP contribution in [0.1, 0.15) is 54.9 Å². The number of benzene rings is 2. The van der Waals surface area contributed by atoms with Gasteiger partial charge in [-0.1, -0.05) is 0 Å². The van der Waals surface area contributed by atoms with E-state index in [1.54, 1.807) is 12.1 Å². The third-order valence-electron chi connectivity index (χ3n) is 8.23. The molecule has 2 aliphatic rings. The number of nitrogens with zero attached hydrogens (tertiary/aromatic N) is 2. The lowest BCUT2D eigenvalue weighted by Crippen LogP contribution is -2.43. The molecule has 2 aromatic heterocycles. The van der Waals surface area contributed by atoms with Crippen LogP contribution in [0.4, 0.5) is 11.4 Å². The van der Waals surface area contributed by atoms with E-state index in [1.807, 2.05) is 24.6 Å². The molecule has 2 aromatic carbocycles. The van der Waals surface area contributed by atoms with Gasteiger partial charge in [0.25, 0.3) is 0 Å². The number of fused-ring (bicyclic) bond motifs is 6. The summed E-state index contributed by atoms with van der Waals surface area (Å²) in [6.45, 7) is 6.99. The zero-order valence-electron chi connectivity index (χ0n) is 26.4. The van der Waals surface area contributed by atoms with Gasteiger partial charge in [-0.05, 0) is 53.3 Å². The van der Waals surface area contributed by atoms with E-state index in [0.717, 1.165) is 42.4 Å². The third-order valence-corrected chi connectivity index (χ3v) is 10.8. The van der Waals surface area contributed by atoms with E-state index in [2.05, 4.69) is 11.6 Å². The van der Waals surface area contributed by atoms with Gasteiger partial charge in [0, 0.05) is 68.0 Å². The molecule has 0 saturated carbocycles. The first-order chi connectivity index (χ1) is 22.3. The molecule has 0 saturated heterocycles. The van der Waals surface area contributed by atoms with Crippen LogP contribution < -0.4 is 19.3 Å². The maximum atomic E-state index is 13.7. The number of rotatable bonds is 7. The molecule has 6 rings (SSSR count). The Kier molecular flexibility index (Phi) is 10.2. The van der Waals surface area contributed by atoms with Crippen LogP contribution in [-0.2, 0) is 25.6 Å². The Bertz CT molecular complexity index is 1920. The lowest BCUT2D eigenvalue weighted by atomic mass is 9.97. The number of halogens is 2. The van der Waals surface area contributed by atoms with Crippen LogP contribution in [0.15, 0.2) is 22.9 Å². The monoisotopic (exact) mass is 720 g/mol. The predicted octanol–water partition coefficient (Wildman–Crippen LogP) is 6.16. The molecular formula is C33H34Cl2N2O8S2. The molecule has 0 spiro atoms. The highest BCUT2D eigenvalue weighted by atomic mass is 35.5. The topological polar surface area (TPSA) is 134 Å². The molecule has 2 aliphatic heterocycles. The zero-order chi connectivity index (χ0) is 34.4. The van der Waals surface area contributed by atoms with Crippen LogP contribution >= 0.6 is 45.9 Å². The minimum absolute atomic E-state index is 0.198. The minimum atomic E-state index is -2.65. The summed E-state index contributed by atoms with van der Waals surface area (Å²) in [7, 11) is 0. The van der Waals surface area contributed by atoms with Gasteiger partial charge >= 0.3 is 11.9 Å². The van der Waals surface area contributed by atoms with Crippen molar-refractivity contribution >= 4 is 101 Å². The van der Waals surface area contributed by atoms with Crippen LogP contribution in [0.25, 0.3) is 20.2 Å². The Hall–Kier alpha value is -3.26. The first-order valence-corrected chi connectivity index (χ1v) is 17.8. The van der Waals surface area contributed by atoms with Crippen molar-refractivity contribution in [2.75, 3.05) is 35.2 Å². The Morgan fingerprint density at radius 1 is 0.872 bits per heavy atom. The van der Waals surface area contributed by atoms with Crippen LogP contribution in [0.5, 0.6) is 11.5 Å². The largest absolute Gasteiger partial charge is 0.425 e. The van der Waals surface area contributed by atoms with Gasteiger partial charge in [-0.3, -0.25) is 19.2 Å². The van der Waals surface area contributed by atoms with Crippen molar-refractivity contribution in [2.24, 2.45) is 0 Å². The average Bonchev–Trinajstić information content (AvgIpc) is 3.77. The Morgan fingerprint density at radius 3 is 1.94 bits per heavy atom. The average molecular weight is 722 g/mol. The molecule has 14 heteroatoms. The number of alkyl halides is 2. The first-order valence-electron chi connectivity index (χ1n) is 14.7. The smallest absolute Gasteiger partial charge is 0.308 e. The number of carbonyl (C=O) groups excluding carboxylic acids is 4. The second-order valence-electron chi connectivity index (χ2n) is 11.6. The highest BCUT2D eigenvalue weighted by Gasteiger charge is 2.41. The molecule has 0 radical (unpaired) electrons. The maximum Gasteiger partial charge on any atom is 0.308 e. The molecule has 0 unspecified atom stereocenters. The van der Waals surface area contributed by atoms with Crippen molar-refractivity contribution in [1.29, 1.82) is 0 Å². The number of hydrogen-bond acceptors (Lipinski definition) is 10. The molecule has 1 atom stereocenters. The molecule has 2 amide bonds. The van der Waals surface area contributed by atoms with Crippen molar-refractivity contribution in [3.63, 3.8) is 0 Å². The molecule has 2 N–H and O–H groups in total. The van der Waals surface area contributed by atoms with Gasteiger partial charge in [-0.15, -0.1) is 45.9 Å². The Labute approximate surface area is 289 Å². The van der Waals surface area contributed by atoms with Gasteiger partial charge in [0.2, 0.25) is 11.8 Å². The second kappa shape index (κ2) is 13.7. The maximum absolute atomic E-state index is 13.7. The minimum Gasteiger partial charge on any atom is -0.425 e. The molecule has 47 heavy (non-hydrogen) atoms. The normalized spacial score (nSPS) is 15.4. The molecule has 250 valence electrons. The number of hydrogen-bond donors (Lipinski definition) is 2. The SMILES string of the molecule is CC(=O)Oc1cc2c(c3c(C)csc13)CCN2C(=O)CC(O)(O)CC(=O)N1C[C@@H](CCl)c2c1cc(OC(C)=O)c1scc(C)c21.CCl. The molecular weight excluding hydrogens is 687 g/mol. The molecule has 0 aliphatic carbocycles. The number of carbonyl (C=O) groups is 4. The van der Waals surface area contributed by atoms with E-state index in [4.69, 9.17) is 21.1 Å². The standard InChI is InChI=1S/C32H31ClN2O8S2.CH3Cl/c1-15-13-44-30-23(42-17(3)36)7-21-20(27(15)30)5-6-34(21)25(38)9-32(40,41)10-26(39)35-12-19(11-33)29-22(35)8-24(43-18(4)37)31-28(29)16(2)14-45-31;1-2/h7-8,13-14,19,40-41H,5-6,9-12H2,1-4H3;1H3/t19-;/m1./s1. The number of thiophene rings is 2. The van der Waals surface area contributed by atoms with Crippen molar-refractivity contribution < 1.29 is 38.9 Å². The third kappa shape index (κ3) is 6.59. The van der Waals surface area contributed by atoms with E-state index in [9.17, 15) is 29.4 Å². The number of aryl methyl sites for hydroxylation is 2. The summed E-state index contributed by atoms with van der Waals surface area (Å²) in [6, 6.07) is 3.26. The van der Waals surface area contributed by atoms with Crippen LogP contribution in [0, 0.1) is 13.8 Å². The van der Waals surface area contributed by atoms with E-state index in [-0.39, 0.29) is 18.3 Å². The van der Waals surface area contributed by atoms with Gasteiger partial charge in [-0.2, -0.15) is 0 Å². The molecule has 4 heterocycles. The molecule has 10 nitrogen and oxygen atoms in total. The molecule has 4 aromatic rings. The van der Waals surface area contributed by atoms with Gasteiger partial charge < -0.3 is 29.5 Å². The second-order valence-corrected chi connectivity index (χ2v) is 13.7. The van der Waals surface area contributed by atoms with E-state index in [0.29, 0.717) is 35.8 Å². The highest BCUT2D eigenvalue weighted by Crippen LogP contribution is 2.49. The number of esters is 2. The summed E-state index contributed by atoms with van der Waals surface area (Å²) in [5.74, 6) is -4.20. The Morgan fingerprint density at radius 2 is 1.38 bits per heavy atom. The fourth-order valence-corrected chi connectivity index (χ4v) is 8.77. The first kappa shape index (κ1) is 35.1.